The summed E-state index contributed by atoms with van der Waals surface area (Å²) in [6.45, 7) is 1.46. The molecule has 0 bridgehead atoms. The number of benzene rings is 2. The van der Waals surface area contributed by atoms with Crippen LogP contribution in [0.2, 0.25) is 0 Å². The first kappa shape index (κ1) is 22.1. The molecule has 162 valence electrons. The van der Waals surface area contributed by atoms with E-state index in [9.17, 15) is 23.2 Å². The maximum absolute atomic E-state index is 13.3. The first-order valence-electron chi connectivity index (χ1n) is 9.88. The Bertz CT molecular complexity index is 975. The third-order valence-electron chi connectivity index (χ3n) is 4.86. The second-order valence-electron chi connectivity index (χ2n) is 7.37. The molecule has 0 aliphatic carbocycles. The minimum atomic E-state index is -0.944. The van der Waals surface area contributed by atoms with E-state index in [0.29, 0.717) is 12.5 Å². The van der Waals surface area contributed by atoms with Gasteiger partial charge in [-0.1, -0.05) is 42.5 Å². The van der Waals surface area contributed by atoms with Crippen molar-refractivity contribution in [3.63, 3.8) is 0 Å². The van der Waals surface area contributed by atoms with Gasteiger partial charge in [0, 0.05) is 6.07 Å². The number of carbonyl (C=O) groups is 3. The summed E-state index contributed by atoms with van der Waals surface area (Å²) in [5.74, 6) is -3.05. The lowest BCUT2D eigenvalue weighted by atomic mass is 10.0. The summed E-state index contributed by atoms with van der Waals surface area (Å²) in [7, 11) is 0. The lowest BCUT2D eigenvalue weighted by Gasteiger charge is -2.20. The number of amides is 3. The standard InChI is InChI=1S/C23H23F2N3O3/c1-14(26-21(29)12-15-10-17(24)13-18(25)11-15)22(30)28-20-9-5-8-19(27-23(20)31)16-6-3-2-4-7-16/h2-7,9-11,13-14,19-20H,8,12H2,1H3,(H,26,29)(H,27,31)(H,28,30)/t14-,19-,20-/m0/s1. The molecule has 3 atom stereocenters. The number of hydrogen-bond donors (Lipinski definition) is 3. The van der Waals surface area contributed by atoms with Gasteiger partial charge in [0.15, 0.2) is 0 Å². The summed E-state index contributed by atoms with van der Waals surface area (Å²) in [5, 5.41) is 7.96. The van der Waals surface area contributed by atoms with E-state index in [-0.39, 0.29) is 23.9 Å². The molecular weight excluding hydrogens is 404 g/mol. The van der Waals surface area contributed by atoms with Crippen LogP contribution in [0.3, 0.4) is 0 Å². The first-order chi connectivity index (χ1) is 14.8. The van der Waals surface area contributed by atoms with Gasteiger partial charge in [-0.3, -0.25) is 14.4 Å². The van der Waals surface area contributed by atoms with Gasteiger partial charge in [-0.2, -0.15) is 0 Å². The second-order valence-corrected chi connectivity index (χ2v) is 7.37. The molecule has 2 aromatic rings. The van der Waals surface area contributed by atoms with E-state index in [1.54, 1.807) is 6.08 Å². The zero-order valence-electron chi connectivity index (χ0n) is 16.9. The van der Waals surface area contributed by atoms with Gasteiger partial charge in [0.05, 0.1) is 12.5 Å². The molecule has 31 heavy (non-hydrogen) atoms. The highest BCUT2D eigenvalue weighted by Crippen LogP contribution is 2.19. The molecule has 0 radical (unpaired) electrons. The van der Waals surface area contributed by atoms with Gasteiger partial charge in [0.2, 0.25) is 17.7 Å². The smallest absolute Gasteiger partial charge is 0.247 e. The van der Waals surface area contributed by atoms with Gasteiger partial charge in [0.1, 0.15) is 23.7 Å². The topological polar surface area (TPSA) is 87.3 Å². The molecule has 0 spiro atoms. The Balaban J connectivity index is 1.54. The molecule has 8 heteroatoms. The number of carbonyl (C=O) groups excluding carboxylic acids is 3. The van der Waals surface area contributed by atoms with Crippen LogP contribution in [0.1, 0.15) is 30.5 Å². The molecule has 0 aromatic heterocycles. The molecule has 1 aliphatic heterocycles. The maximum atomic E-state index is 13.3. The highest BCUT2D eigenvalue weighted by molar-refractivity contribution is 5.93. The van der Waals surface area contributed by atoms with Gasteiger partial charge in [0.25, 0.3) is 0 Å². The first-order valence-corrected chi connectivity index (χ1v) is 9.88. The summed E-state index contributed by atoms with van der Waals surface area (Å²) in [5.41, 5.74) is 1.11. The predicted octanol–water partition coefficient (Wildman–Crippen LogP) is 2.31. The third kappa shape index (κ3) is 6.21. The number of rotatable bonds is 6. The fourth-order valence-corrected chi connectivity index (χ4v) is 3.31. The summed E-state index contributed by atoms with van der Waals surface area (Å²) in [4.78, 5) is 37.1. The van der Waals surface area contributed by atoms with Crippen LogP contribution in [-0.2, 0) is 20.8 Å². The molecule has 0 saturated carbocycles. The Morgan fingerprint density at radius 1 is 1.13 bits per heavy atom. The molecule has 1 aliphatic rings. The fraction of sp³-hybridized carbons (Fsp3) is 0.261. The summed E-state index contributed by atoms with van der Waals surface area (Å²) >= 11 is 0. The van der Waals surface area contributed by atoms with Gasteiger partial charge in [-0.25, -0.2) is 8.78 Å². The molecule has 1 heterocycles. The zero-order chi connectivity index (χ0) is 22.4. The quantitative estimate of drug-likeness (QED) is 0.619. The molecule has 0 saturated heterocycles. The molecular formula is C23H23F2N3O3. The van der Waals surface area contributed by atoms with Crippen molar-refractivity contribution in [2.75, 3.05) is 0 Å². The van der Waals surface area contributed by atoms with Crippen molar-refractivity contribution in [1.29, 1.82) is 0 Å². The van der Waals surface area contributed by atoms with E-state index in [4.69, 9.17) is 0 Å². The molecule has 0 unspecified atom stereocenters. The zero-order valence-corrected chi connectivity index (χ0v) is 16.9. The molecule has 6 nitrogen and oxygen atoms in total. The minimum Gasteiger partial charge on any atom is -0.347 e. The van der Waals surface area contributed by atoms with E-state index in [1.807, 2.05) is 36.4 Å². The second kappa shape index (κ2) is 9.97. The van der Waals surface area contributed by atoms with Crippen molar-refractivity contribution in [1.82, 2.24) is 16.0 Å². The van der Waals surface area contributed by atoms with Crippen LogP contribution < -0.4 is 16.0 Å². The molecule has 0 fully saturated rings. The fourth-order valence-electron chi connectivity index (χ4n) is 3.31. The normalized spacial score (nSPS) is 19.1. The van der Waals surface area contributed by atoms with Gasteiger partial charge < -0.3 is 16.0 Å². The predicted molar refractivity (Wildman–Crippen MR) is 111 cm³/mol. The van der Waals surface area contributed by atoms with E-state index in [1.165, 1.54) is 6.92 Å². The Hall–Kier alpha value is -3.55. The van der Waals surface area contributed by atoms with Crippen LogP contribution in [0.25, 0.3) is 0 Å². The maximum Gasteiger partial charge on any atom is 0.247 e. The Morgan fingerprint density at radius 2 is 1.81 bits per heavy atom. The van der Waals surface area contributed by atoms with E-state index in [2.05, 4.69) is 16.0 Å². The Morgan fingerprint density at radius 3 is 2.48 bits per heavy atom. The molecule has 3 amide bonds. The van der Waals surface area contributed by atoms with Crippen LogP contribution in [0, 0.1) is 11.6 Å². The SMILES string of the molecule is C[C@H](NC(=O)Cc1cc(F)cc(F)c1)C(=O)N[C@H]1C=CC[C@@H](c2ccccc2)NC1=O. The van der Waals surface area contributed by atoms with Crippen molar-refractivity contribution in [3.05, 3.63) is 83.4 Å². The van der Waals surface area contributed by atoms with Crippen molar-refractivity contribution < 1.29 is 23.2 Å². The summed E-state index contributed by atoms with van der Waals surface area (Å²) in [6.07, 6.45) is 3.73. The third-order valence-corrected chi connectivity index (χ3v) is 4.86. The number of halogens is 2. The van der Waals surface area contributed by atoms with E-state index in [0.717, 1.165) is 17.7 Å². The summed E-state index contributed by atoms with van der Waals surface area (Å²) in [6, 6.07) is 10.3. The number of hydrogen-bond acceptors (Lipinski definition) is 3. The molecule has 2 aromatic carbocycles. The Kier molecular flexibility index (Phi) is 7.12. The number of nitrogens with one attached hydrogen (secondary N) is 3. The van der Waals surface area contributed by atoms with Crippen LogP contribution in [0.15, 0.2) is 60.7 Å². The van der Waals surface area contributed by atoms with Crippen LogP contribution >= 0.6 is 0 Å². The van der Waals surface area contributed by atoms with E-state index >= 15 is 0 Å². The monoisotopic (exact) mass is 427 g/mol. The van der Waals surface area contributed by atoms with Crippen LogP contribution in [0.4, 0.5) is 8.78 Å². The van der Waals surface area contributed by atoms with Crippen molar-refractivity contribution in [3.8, 4) is 0 Å². The lowest BCUT2D eigenvalue weighted by molar-refractivity contribution is -0.131. The van der Waals surface area contributed by atoms with Gasteiger partial charge in [-0.05, 0) is 36.6 Å². The molecule has 3 rings (SSSR count). The van der Waals surface area contributed by atoms with E-state index < -0.39 is 35.5 Å². The van der Waals surface area contributed by atoms with Crippen molar-refractivity contribution in [2.24, 2.45) is 0 Å². The van der Waals surface area contributed by atoms with Crippen LogP contribution in [-0.4, -0.2) is 29.8 Å². The van der Waals surface area contributed by atoms with Crippen molar-refractivity contribution in [2.45, 2.75) is 37.9 Å². The van der Waals surface area contributed by atoms with Crippen molar-refractivity contribution >= 4 is 17.7 Å². The van der Waals surface area contributed by atoms with Crippen LogP contribution in [0.5, 0.6) is 0 Å². The molecule has 3 N–H and O–H groups in total. The lowest BCUT2D eigenvalue weighted by Crippen LogP contribution is -2.52. The Labute approximate surface area is 178 Å². The largest absolute Gasteiger partial charge is 0.347 e. The highest BCUT2D eigenvalue weighted by Gasteiger charge is 2.26. The average Bonchev–Trinajstić information content (AvgIpc) is 2.89. The van der Waals surface area contributed by atoms with Gasteiger partial charge >= 0.3 is 0 Å². The summed E-state index contributed by atoms with van der Waals surface area (Å²) < 4.78 is 26.5. The minimum absolute atomic E-state index is 0.153. The highest BCUT2D eigenvalue weighted by atomic mass is 19.1. The average molecular weight is 427 g/mol. The van der Waals surface area contributed by atoms with Gasteiger partial charge in [-0.15, -0.1) is 0 Å².